The maximum atomic E-state index is 15.5. The third kappa shape index (κ3) is 7.15. The summed E-state index contributed by atoms with van der Waals surface area (Å²) in [7, 11) is 0. The first kappa shape index (κ1) is 39.9. The molecule has 1 N–H and O–H groups in total. The lowest BCUT2D eigenvalue weighted by Gasteiger charge is -2.43. The molecule has 15 heteroatoms. The molecule has 1 unspecified atom stereocenters. The maximum Gasteiger partial charge on any atom is 0.262 e. The third-order valence-electron chi connectivity index (χ3n) is 14.0. The molecule has 0 bridgehead atoms. The molecule has 312 valence electrons. The standard InChI is InChI=1S/C45H48ClFN8O5/c1-28-36(8-7-35(48-2)40(28)46)54-20-15-45(27-54)13-18-50(19-14-45)30-5-3-29(4-6-30)42(58)53-23-21-51(22-24-53)31-11-16-52(17-12-31)38-26-33-32(25-34(38)47)43(59)55(44(33)60)37-9-10-39(56)49-41(37)57/h3-8,25-26,31,37H,9-24,27H2,1H3,(H,49,56,57). The summed E-state index contributed by atoms with van der Waals surface area (Å²) in [5.41, 5.74) is 4.96. The van der Waals surface area contributed by atoms with Crippen LogP contribution in [0.5, 0.6) is 0 Å². The minimum atomic E-state index is -1.10. The summed E-state index contributed by atoms with van der Waals surface area (Å²) in [5.74, 6) is -3.09. The number of nitrogens with zero attached hydrogens (tertiary/aromatic N) is 7. The van der Waals surface area contributed by atoms with Crippen LogP contribution in [0.1, 0.15) is 81.6 Å². The van der Waals surface area contributed by atoms with Gasteiger partial charge >= 0.3 is 0 Å². The van der Waals surface area contributed by atoms with Crippen molar-refractivity contribution in [3.63, 3.8) is 0 Å². The first-order chi connectivity index (χ1) is 28.9. The zero-order valence-corrected chi connectivity index (χ0v) is 34.5. The second kappa shape index (κ2) is 15.8. The van der Waals surface area contributed by atoms with E-state index in [1.807, 2.05) is 41.0 Å². The Hall–Kier alpha value is -5.52. The van der Waals surface area contributed by atoms with Crippen molar-refractivity contribution in [2.24, 2.45) is 5.41 Å². The van der Waals surface area contributed by atoms with E-state index in [1.54, 1.807) is 0 Å². The first-order valence-electron chi connectivity index (χ1n) is 21.0. The van der Waals surface area contributed by atoms with Crippen molar-refractivity contribution in [2.45, 2.75) is 64.0 Å². The highest BCUT2D eigenvalue weighted by atomic mass is 35.5. The number of nitrogens with one attached hydrogen (secondary N) is 1. The second-order valence-electron chi connectivity index (χ2n) is 17.2. The fraction of sp³-hybridized carbons (Fsp3) is 0.467. The number of rotatable bonds is 6. The van der Waals surface area contributed by atoms with Crippen molar-refractivity contribution in [3.8, 4) is 0 Å². The molecule has 5 saturated heterocycles. The lowest BCUT2D eigenvalue weighted by Crippen LogP contribution is -2.54. The minimum Gasteiger partial charge on any atom is -0.371 e. The van der Waals surface area contributed by atoms with Gasteiger partial charge in [-0.05, 0) is 98.9 Å². The van der Waals surface area contributed by atoms with Gasteiger partial charge in [-0.3, -0.25) is 39.1 Å². The Bertz CT molecular complexity index is 2310. The number of fused-ring (bicyclic) bond motifs is 1. The molecule has 0 aromatic heterocycles. The van der Waals surface area contributed by atoms with E-state index in [1.165, 1.54) is 6.07 Å². The number of benzene rings is 3. The van der Waals surface area contributed by atoms with Crippen LogP contribution < -0.4 is 20.0 Å². The summed E-state index contributed by atoms with van der Waals surface area (Å²) >= 11 is 6.51. The van der Waals surface area contributed by atoms with Crippen molar-refractivity contribution < 1.29 is 28.4 Å². The number of piperazine rings is 1. The van der Waals surface area contributed by atoms with Gasteiger partial charge in [-0.15, -0.1) is 0 Å². The summed E-state index contributed by atoms with van der Waals surface area (Å²) in [6.45, 7) is 17.2. The molecule has 60 heavy (non-hydrogen) atoms. The molecule has 6 aliphatic rings. The summed E-state index contributed by atoms with van der Waals surface area (Å²) < 4.78 is 15.5. The van der Waals surface area contributed by atoms with E-state index in [2.05, 4.69) is 37.0 Å². The number of carbonyl (C=O) groups excluding carboxylic acids is 5. The van der Waals surface area contributed by atoms with Crippen LogP contribution in [-0.2, 0) is 9.59 Å². The van der Waals surface area contributed by atoms with Crippen LogP contribution >= 0.6 is 11.6 Å². The Morgan fingerprint density at radius 3 is 2.10 bits per heavy atom. The normalized spacial score (nSPS) is 22.4. The number of hydrogen-bond donors (Lipinski definition) is 1. The Balaban J connectivity index is 0.743. The molecule has 5 amide bonds. The lowest BCUT2D eigenvalue weighted by molar-refractivity contribution is -0.136. The number of halogens is 2. The van der Waals surface area contributed by atoms with Crippen molar-refractivity contribution in [1.29, 1.82) is 0 Å². The third-order valence-corrected chi connectivity index (χ3v) is 14.4. The predicted octanol–water partition coefficient (Wildman–Crippen LogP) is 5.66. The van der Waals surface area contributed by atoms with Crippen molar-refractivity contribution in [1.82, 2.24) is 20.0 Å². The van der Waals surface area contributed by atoms with Crippen LogP contribution in [0.3, 0.4) is 0 Å². The SMILES string of the molecule is [C-]#[N+]c1ccc(N2CCC3(CCN(c4ccc(C(=O)N5CCN(C6CCN(c7cc8c(cc7F)C(=O)N(C7CCC(=O)NC7=O)C8=O)CC6)CC5)cc4)CC3)C2)c(C)c1Cl. The number of carbonyl (C=O) groups is 5. The van der Waals surface area contributed by atoms with Crippen molar-refractivity contribution in [3.05, 3.63) is 93.0 Å². The highest BCUT2D eigenvalue weighted by Crippen LogP contribution is 2.45. The van der Waals surface area contributed by atoms with Gasteiger partial charge in [0.05, 0.1) is 28.4 Å². The molecule has 3 aromatic carbocycles. The van der Waals surface area contributed by atoms with E-state index in [-0.39, 0.29) is 47.0 Å². The summed E-state index contributed by atoms with van der Waals surface area (Å²) in [6, 6.07) is 13.6. The molecule has 3 aromatic rings. The summed E-state index contributed by atoms with van der Waals surface area (Å²) in [5, 5.41) is 2.73. The van der Waals surface area contributed by atoms with Gasteiger partial charge in [-0.1, -0.05) is 17.7 Å². The summed E-state index contributed by atoms with van der Waals surface area (Å²) in [4.78, 5) is 79.7. The number of amides is 5. The molecular formula is C45H48ClFN8O5. The molecule has 6 heterocycles. The zero-order valence-electron chi connectivity index (χ0n) is 33.7. The highest BCUT2D eigenvalue weighted by Gasteiger charge is 2.46. The summed E-state index contributed by atoms with van der Waals surface area (Å²) in [6.07, 6.45) is 4.95. The van der Waals surface area contributed by atoms with E-state index >= 15 is 4.39 Å². The highest BCUT2D eigenvalue weighted by molar-refractivity contribution is 6.34. The smallest absolute Gasteiger partial charge is 0.262 e. The number of imide groups is 2. The molecule has 0 aliphatic carbocycles. The van der Waals surface area contributed by atoms with Crippen LogP contribution in [0.25, 0.3) is 4.85 Å². The zero-order chi connectivity index (χ0) is 41.9. The average molecular weight is 835 g/mol. The van der Waals surface area contributed by atoms with Crippen LogP contribution in [0, 0.1) is 24.7 Å². The number of anilines is 3. The van der Waals surface area contributed by atoms with Gasteiger partial charge in [0.15, 0.2) is 0 Å². The fourth-order valence-electron chi connectivity index (χ4n) is 10.4. The largest absolute Gasteiger partial charge is 0.371 e. The minimum absolute atomic E-state index is 0.0141. The van der Waals surface area contributed by atoms with Gasteiger partial charge in [-0.25, -0.2) is 9.24 Å². The van der Waals surface area contributed by atoms with Crippen LogP contribution in [-0.4, -0.2) is 122 Å². The quantitative estimate of drug-likeness (QED) is 0.248. The Kier molecular flexibility index (Phi) is 10.5. The van der Waals surface area contributed by atoms with Crippen molar-refractivity contribution >= 4 is 63.9 Å². The van der Waals surface area contributed by atoms with Crippen molar-refractivity contribution in [2.75, 3.05) is 80.1 Å². The molecule has 9 rings (SSSR count). The molecule has 0 radical (unpaired) electrons. The van der Waals surface area contributed by atoms with E-state index in [9.17, 15) is 24.0 Å². The number of piperidine rings is 3. The van der Waals surface area contributed by atoms with Crippen LogP contribution in [0.2, 0.25) is 5.02 Å². The molecule has 1 spiro atoms. The van der Waals surface area contributed by atoms with Gasteiger partial charge in [0.2, 0.25) is 17.5 Å². The van der Waals surface area contributed by atoms with Gasteiger partial charge in [0, 0.05) is 94.8 Å². The second-order valence-corrected chi connectivity index (χ2v) is 17.6. The molecule has 13 nitrogen and oxygen atoms in total. The predicted molar refractivity (Wildman–Crippen MR) is 225 cm³/mol. The van der Waals surface area contributed by atoms with E-state index in [0.29, 0.717) is 42.5 Å². The number of hydrogen-bond acceptors (Lipinski definition) is 9. The molecular weight excluding hydrogens is 787 g/mol. The Morgan fingerprint density at radius 2 is 1.45 bits per heavy atom. The van der Waals surface area contributed by atoms with Gasteiger partial charge in [0.1, 0.15) is 11.9 Å². The van der Waals surface area contributed by atoms with Crippen LogP contribution in [0.4, 0.5) is 27.1 Å². The Labute approximate surface area is 353 Å². The lowest BCUT2D eigenvalue weighted by atomic mass is 9.77. The van der Waals surface area contributed by atoms with E-state index in [0.717, 1.165) is 99.3 Å². The molecule has 1 atom stereocenters. The van der Waals surface area contributed by atoms with E-state index in [4.69, 9.17) is 18.2 Å². The first-order valence-corrected chi connectivity index (χ1v) is 21.4. The molecule has 5 fully saturated rings. The monoisotopic (exact) mass is 834 g/mol. The van der Waals surface area contributed by atoms with E-state index < -0.39 is 35.5 Å². The average Bonchev–Trinajstić information content (AvgIpc) is 3.78. The van der Waals surface area contributed by atoms with Gasteiger partial charge in [0.25, 0.3) is 17.7 Å². The fourth-order valence-corrected chi connectivity index (χ4v) is 10.6. The molecule has 0 saturated carbocycles. The maximum absolute atomic E-state index is 15.5. The van der Waals surface area contributed by atoms with Crippen LogP contribution in [0.15, 0.2) is 48.5 Å². The topological polar surface area (TPSA) is 121 Å². The van der Waals surface area contributed by atoms with Gasteiger partial charge < -0.3 is 19.6 Å². The molecule has 6 aliphatic heterocycles. The Morgan fingerprint density at radius 1 is 0.800 bits per heavy atom. The van der Waals surface area contributed by atoms with Gasteiger partial charge in [-0.2, -0.15) is 0 Å².